The molecule has 126 valence electrons. The molecule has 1 atom stereocenters. The standard InChI is InChI=1S/C16H21Cl2N3O2/c1-9(2)14-13(7-10-5-11(17)8-12(18)6-10)21(4)16(3,20-14)23-15(19)22/h5-6,8-9,20H,7H2,1-4H3,(H2,19,22). The van der Waals surface area contributed by atoms with Gasteiger partial charge in [0.15, 0.2) is 0 Å². The molecule has 1 aliphatic rings. The van der Waals surface area contributed by atoms with E-state index in [-0.39, 0.29) is 5.92 Å². The Labute approximate surface area is 146 Å². The molecule has 1 unspecified atom stereocenters. The Balaban J connectivity index is 2.36. The quantitative estimate of drug-likeness (QED) is 0.861. The molecule has 1 heterocycles. The highest BCUT2D eigenvalue weighted by molar-refractivity contribution is 6.34. The molecule has 7 heteroatoms. The van der Waals surface area contributed by atoms with E-state index in [0.717, 1.165) is 17.0 Å². The Bertz CT molecular complexity index is 640. The first-order chi connectivity index (χ1) is 10.6. The van der Waals surface area contributed by atoms with Crippen LogP contribution in [0.4, 0.5) is 4.79 Å². The second-order valence-corrected chi connectivity index (χ2v) is 6.93. The van der Waals surface area contributed by atoms with Gasteiger partial charge in [0.2, 0.25) is 0 Å². The van der Waals surface area contributed by atoms with Crippen molar-refractivity contribution >= 4 is 29.3 Å². The molecule has 1 aliphatic heterocycles. The van der Waals surface area contributed by atoms with Crippen molar-refractivity contribution in [1.29, 1.82) is 0 Å². The number of hydrogen-bond acceptors (Lipinski definition) is 4. The summed E-state index contributed by atoms with van der Waals surface area (Å²) < 4.78 is 5.27. The van der Waals surface area contributed by atoms with Crippen molar-refractivity contribution in [3.63, 3.8) is 0 Å². The number of amides is 1. The van der Waals surface area contributed by atoms with Crippen LogP contribution in [0.1, 0.15) is 26.3 Å². The topological polar surface area (TPSA) is 67.6 Å². The van der Waals surface area contributed by atoms with E-state index in [1.165, 1.54) is 0 Å². The average Bonchev–Trinajstić information content (AvgIpc) is 2.62. The Kier molecular flexibility index (Phi) is 5.01. The molecule has 1 amide bonds. The van der Waals surface area contributed by atoms with Gasteiger partial charge >= 0.3 is 6.09 Å². The van der Waals surface area contributed by atoms with E-state index in [1.54, 1.807) is 13.0 Å². The van der Waals surface area contributed by atoms with Crippen molar-refractivity contribution in [2.24, 2.45) is 11.7 Å². The molecule has 0 aromatic heterocycles. The van der Waals surface area contributed by atoms with Crippen LogP contribution in [0.2, 0.25) is 10.0 Å². The van der Waals surface area contributed by atoms with Gasteiger partial charge in [-0.05, 0) is 29.7 Å². The summed E-state index contributed by atoms with van der Waals surface area (Å²) in [6, 6.07) is 5.44. The number of nitrogens with one attached hydrogen (secondary N) is 1. The maximum absolute atomic E-state index is 11.2. The van der Waals surface area contributed by atoms with Crippen molar-refractivity contribution in [2.45, 2.75) is 33.0 Å². The van der Waals surface area contributed by atoms with Gasteiger partial charge in [-0.15, -0.1) is 0 Å². The van der Waals surface area contributed by atoms with Crippen LogP contribution < -0.4 is 11.1 Å². The van der Waals surface area contributed by atoms with Gasteiger partial charge < -0.3 is 20.7 Å². The molecular formula is C16H21Cl2N3O2. The third-order valence-corrected chi connectivity index (χ3v) is 4.33. The molecule has 0 saturated heterocycles. The number of primary amides is 1. The van der Waals surface area contributed by atoms with Gasteiger partial charge in [-0.3, -0.25) is 0 Å². The number of carbonyl (C=O) groups is 1. The van der Waals surface area contributed by atoms with Crippen LogP contribution in [0.3, 0.4) is 0 Å². The van der Waals surface area contributed by atoms with Crippen LogP contribution in [-0.2, 0) is 11.2 Å². The van der Waals surface area contributed by atoms with Crippen LogP contribution >= 0.6 is 23.2 Å². The van der Waals surface area contributed by atoms with Crippen molar-refractivity contribution in [1.82, 2.24) is 10.2 Å². The van der Waals surface area contributed by atoms with E-state index in [2.05, 4.69) is 19.2 Å². The second kappa shape index (κ2) is 6.49. The number of carbonyl (C=O) groups excluding carboxylic acids is 1. The highest BCUT2D eigenvalue weighted by Crippen LogP contribution is 2.34. The predicted molar refractivity (Wildman–Crippen MR) is 92.0 cm³/mol. The van der Waals surface area contributed by atoms with Crippen LogP contribution in [0, 0.1) is 5.92 Å². The summed E-state index contributed by atoms with van der Waals surface area (Å²) in [4.78, 5) is 13.1. The van der Waals surface area contributed by atoms with Crippen molar-refractivity contribution in [3.05, 3.63) is 45.2 Å². The SMILES string of the molecule is CC(C)C1=C(Cc2cc(Cl)cc(Cl)c2)N(C)C(C)(OC(N)=O)N1. The lowest BCUT2D eigenvalue weighted by Gasteiger charge is -2.34. The van der Waals surface area contributed by atoms with E-state index >= 15 is 0 Å². The minimum absolute atomic E-state index is 0.223. The second-order valence-electron chi connectivity index (χ2n) is 6.06. The summed E-state index contributed by atoms with van der Waals surface area (Å²) >= 11 is 12.2. The number of nitrogens with two attached hydrogens (primary N) is 1. The van der Waals surface area contributed by atoms with Gasteiger partial charge in [0.1, 0.15) is 0 Å². The molecule has 0 saturated carbocycles. The molecule has 3 N–H and O–H groups in total. The number of rotatable bonds is 4. The van der Waals surface area contributed by atoms with Crippen LogP contribution in [0.15, 0.2) is 29.6 Å². The molecular weight excluding hydrogens is 337 g/mol. The predicted octanol–water partition coefficient (Wildman–Crippen LogP) is 3.71. The molecule has 2 rings (SSSR count). The molecule has 1 aromatic rings. The first kappa shape index (κ1) is 17.8. The zero-order valence-corrected chi connectivity index (χ0v) is 15.1. The molecule has 0 bridgehead atoms. The van der Waals surface area contributed by atoms with Gasteiger partial charge in [-0.2, -0.15) is 0 Å². The highest BCUT2D eigenvalue weighted by atomic mass is 35.5. The highest BCUT2D eigenvalue weighted by Gasteiger charge is 2.42. The number of benzene rings is 1. The number of nitrogens with zero attached hydrogens (tertiary/aromatic N) is 1. The fraction of sp³-hybridized carbons (Fsp3) is 0.438. The third-order valence-electron chi connectivity index (χ3n) is 3.89. The van der Waals surface area contributed by atoms with E-state index in [0.29, 0.717) is 16.5 Å². The molecule has 1 aromatic carbocycles. The fourth-order valence-electron chi connectivity index (χ4n) is 2.73. The first-order valence-corrected chi connectivity index (χ1v) is 8.06. The lowest BCUT2D eigenvalue weighted by atomic mass is 10.0. The van der Waals surface area contributed by atoms with Crippen LogP contribution in [0.25, 0.3) is 0 Å². The number of halogens is 2. The Morgan fingerprint density at radius 1 is 1.35 bits per heavy atom. The van der Waals surface area contributed by atoms with Crippen molar-refractivity contribution in [3.8, 4) is 0 Å². The summed E-state index contributed by atoms with van der Waals surface area (Å²) in [5.41, 5.74) is 8.17. The number of hydrogen-bond donors (Lipinski definition) is 2. The van der Waals surface area contributed by atoms with Gasteiger partial charge in [-0.1, -0.05) is 37.0 Å². The largest absolute Gasteiger partial charge is 0.407 e. The Morgan fingerprint density at radius 2 is 1.91 bits per heavy atom. The summed E-state index contributed by atoms with van der Waals surface area (Å²) in [5, 5.41) is 4.44. The lowest BCUT2D eigenvalue weighted by molar-refractivity contribution is -0.0725. The van der Waals surface area contributed by atoms with E-state index in [1.807, 2.05) is 24.1 Å². The molecule has 0 fully saturated rings. The normalized spacial score (nSPS) is 20.9. The minimum atomic E-state index is -1.01. The Hall–Kier alpha value is -1.59. The number of likely N-dealkylation sites (N-methyl/N-ethyl adjacent to an activating group) is 1. The first-order valence-electron chi connectivity index (χ1n) is 7.31. The molecule has 0 spiro atoms. The van der Waals surface area contributed by atoms with E-state index in [9.17, 15) is 4.79 Å². The van der Waals surface area contributed by atoms with Gasteiger partial charge in [-0.25, -0.2) is 4.79 Å². The summed E-state index contributed by atoms with van der Waals surface area (Å²) in [5.74, 6) is -0.788. The maximum Gasteiger partial charge on any atom is 0.407 e. The van der Waals surface area contributed by atoms with Crippen LogP contribution in [-0.4, -0.2) is 23.9 Å². The van der Waals surface area contributed by atoms with Gasteiger partial charge in [0, 0.05) is 41.8 Å². The maximum atomic E-state index is 11.2. The molecule has 5 nitrogen and oxygen atoms in total. The third kappa shape index (κ3) is 3.85. The molecule has 0 aliphatic carbocycles. The molecule has 23 heavy (non-hydrogen) atoms. The van der Waals surface area contributed by atoms with E-state index < -0.39 is 11.9 Å². The smallest absolute Gasteiger partial charge is 0.404 e. The molecule has 0 radical (unpaired) electrons. The Morgan fingerprint density at radius 3 is 2.39 bits per heavy atom. The summed E-state index contributed by atoms with van der Waals surface area (Å²) in [7, 11) is 1.85. The lowest BCUT2D eigenvalue weighted by Crippen LogP contribution is -2.53. The number of ether oxygens (including phenoxy) is 1. The van der Waals surface area contributed by atoms with Gasteiger partial charge in [0.25, 0.3) is 5.85 Å². The summed E-state index contributed by atoms with van der Waals surface area (Å²) in [6.07, 6.45) is -0.225. The minimum Gasteiger partial charge on any atom is -0.404 e. The van der Waals surface area contributed by atoms with Gasteiger partial charge in [0.05, 0.1) is 0 Å². The fourth-order valence-corrected chi connectivity index (χ4v) is 3.30. The summed E-state index contributed by atoms with van der Waals surface area (Å²) in [6.45, 7) is 5.90. The zero-order valence-electron chi connectivity index (χ0n) is 13.6. The average molecular weight is 358 g/mol. The van der Waals surface area contributed by atoms with E-state index in [4.69, 9.17) is 33.7 Å². The van der Waals surface area contributed by atoms with Crippen molar-refractivity contribution < 1.29 is 9.53 Å². The number of allylic oxidation sites excluding steroid dienone is 2. The monoisotopic (exact) mass is 357 g/mol. The zero-order chi connectivity index (χ0) is 17.4. The van der Waals surface area contributed by atoms with Crippen molar-refractivity contribution in [2.75, 3.05) is 7.05 Å². The van der Waals surface area contributed by atoms with Crippen LogP contribution in [0.5, 0.6) is 0 Å².